The van der Waals surface area contributed by atoms with Gasteiger partial charge in [0.05, 0.1) is 11.6 Å². The number of hydrogen-bond acceptors (Lipinski definition) is 4. The van der Waals surface area contributed by atoms with Gasteiger partial charge in [-0.2, -0.15) is 13.2 Å². The Labute approximate surface area is 227 Å². The number of urea groups is 1. The standard InChI is InChI=1S/C28H28F4N4O2S/c29-21-5-1-3-19(17-21)26-23-9-16-39-24(23)7-10-35(26)11-8-25(37)34-12-14-36(15-13-34)27(38)33-22-6-2-4-20(18-22)28(30,31)32/h1-6,9,16-18,26H,7-8,10-15H2,(H,33,38). The molecule has 2 aliphatic heterocycles. The number of nitrogens with zero attached hydrogens (tertiary/aromatic N) is 3. The second-order valence-electron chi connectivity index (χ2n) is 9.67. The Morgan fingerprint density at radius 3 is 2.44 bits per heavy atom. The number of carbonyl (C=O) groups excluding carboxylic acids is 2. The van der Waals surface area contributed by atoms with E-state index in [1.165, 1.54) is 28.0 Å². The maximum absolute atomic E-state index is 14.0. The summed E-state index contributed by atoms with van der Waals surface area (Å²) in [6.45, 7) is 2.54. The van der Waals surface area contributed by atoms with Gasteiger partial charge in [-0.1, -0.05) is 18.2 Å². The number of thiophene rings is 1. The molecule has 5 rings (SSSR count). The largest absolute Gasteiger partial charge is 0.416 e. The number of halogens is 4. The zero-order valence-corrected chi connectivity index (χ0v) is 21.9. The Morgan fingerprint density at radius 2 is 1.69 bits per heavy atom. The van der Waals surface area contributed by atoms with Crippen LogP contribution in [0.15, 0.2) is 60.0 Å². The number of anilines is 1. The molecule has 0 aliphatic carbocycles. The first-order chi connectivity index (χ1) is 18.7. The van der Waals surface area contributed by atoms with Crippen molar-refractivity contribution in [3.63, 3.8) is 0 Å². The molecule has 1 atom stereocenters. The molecule has 1 N–H and O–H groups in total. The van der Waals surface area contributed by atoms with Gasteiger partial charge in [-0.25, -0.2) is 9.18 Å². The van der Waals surface area contributed by atoms with E-state index in [0.717, 1.165) is 36.2 Å². The van der Waals surface area contributed by atoms with Crippen molar-refractivity contribution < 1.29 is 27.2 Å². The molecule has 3 aromatic rings. The molecule has 1 fully saturated rings. The quantitative estimate of drug-likeness (QED) is 0.412. The third-order valence-corrected chi connectivity index (χ3v) is 8.20. The number of fused-ring (bicyclic) bond motifs is 1. The van der Waals surface area contributed by atoms with Crippen LogP contribution in [0.1, 0.15) is 34.0 Å². The first-order valence-electron chi connectivity index (χ1n) is 12.8. The maximum atomic E-state index is 14.0. The van der Waals surface area contributed by atoms with Crippen LogP contribution in [0, 0.1) is 5.82 Å². The predicted octanol–water partition coefficient (Wildman–Crippen LogP) is 5.62. The lowest BCUT2D eigenvalue weighted by atomic mass is 9.93. The van der Waals surface area contributed by atoms with Crippen molar-refractivity contribution in [1.82, 2.24) is 14.7 Å². The highest BCUT2D eigenvalue weighted by Crippen LogP contribution is 2.38. The minimum absolute atomic E-state index is 0.0259. The maximum Gasteiger partial charge on any atom is 0.416 e. The van der Waals surface area contributed by atoms with E-state index in [2.05, 4.69) is 16.3 Å². The minimum atomic E-state index is -4.50. The van der Waals surface area contributed by atoms with Gasteiger partial charge in [-0.3, -0.25) is 9.69 Å². The second-order valence-corrected chi connectivity index (χ2v) is 10.7. The third-order valence-electron chi connectivity index (χ3n) is 7.20. The number of benzene rings is 2. The van der Waals surface area contributed by atoms with Crippen LogP contribution in [-0.4, -0.2) is 65.9 Å². The summed E-state index contributed by atoms with van der Waals surface area (Å²) in [6.07, 6.45) is -3.32. The van der Waals surface area contributed by atoms with Crippen molar-refractivity contribution in [3.05, 3.63) is 87.4 Å². The SMILES string of the molecule is O=C(CCN1CCc2sccc2C1c1cccc(F)c1)N1CCN(C(=O)Nc2cccc(C(F)(F)F)c2)CC1. The second kappa shape index (κ2) is 11.4. The zero-order valence-electron chi connectivity index (χ0n) is 21.1. The van der Waals surface area contributed by atoms with Crippen LogP contribution in [0.2, 0.25) is 0 Å². The predicted molar refractivity (Wildman–Crippen MR) is 141 cm³/mol. The minimum Gasteiger partial charge on any atom is -0.339 e. The van der Waals surface area contributed by atoms with Crippen molar-refractivity contribution in [1.29, 1.82) is 0 Å². The molecule has 0 saturated carbocycles. The summed E-state index contributed by atoms with van der Waals surface area (Å²) in [5, 5.41) is 4.57. The summed E-state index contributed by atoms with van der Waals surface area (Å²) in [6, 6.07) is 12.6. The lowest BCUT2D eigenvalue weighted by molar-refractivity contribution is -0.137. The lowest BCUT2D eigenvalue weighted by Crippen LogP contribution is -2.52. The van der Waals surface area contributed by atoms with Crippen LogP contribution in [0.25, 0.3) is 0 Å². The summed E-state index contributed by atoms with van der Waals surface area (Å²) < 4.78 is 52.9. The highest BCUT2D eigenvalue weighted by Gasteiger charge is 2.32. The van der Waals surface area contributed by atoms with Crippen LogP contribution >= 0.6 is 11.3 Å². The number of nitrogens with one attached hydrogen (secondary N) is 1. The Balaban J connectivity index is 1.15. The van der Waals surface area contributed by atoms with E-state index in [9.17, 15) is 27.2 Å². The van der Waals surface area contributed by atoms with Crippen molar-refractivity contribution in [2.75, 3.05) is 44.6 Å². The molecule has 1 saturated heterocycles. The molecular weight excluding hydrogens is 532 g/mol. The summed E-state index contributed by atoms with van der Waals surface area (Å²) in [5.41, 5.74) is 1.25. The summed E-state index contributed by atoms with van der Waals surface area (Å²) in [7, 11) is 0. The first-order valence-corrected chi connectivity index (χ1v) is 13.6. The van der Waals surface area contributed by atoms with Crippen LogP contribution in [0.3, 0.4) is 0 Å². The lowest BCUT2D eigenvalue weighted by Gasteiger charge is -2.38. The smallest absolute Gasteiger partial charge is 0.339 e. The van der Waals surface area contributed by atoms with E-state index in [0.29, 0.717) is 26.1 Å². The molecule has 2 aromatic carbocycles. The molecule has 3 heterocycles. The van der Waals surface area contributed by atoms with Crippen molar-refractivity contribution in [2.24, 2.45) is 0 Å². The van der Waals surface area contributed by atoms with E-state index in [-0.39, 0.29) is 36.5 Å². The van der Waals surface area contributed by atoms with Crippen LogP contribution in [-0.2, 0) is 17.4 Å². The van der Waals surface area contributed by atoms with Crippen molar-refractivity contribution in [3.8, 4) is 0 Å². The molecule has 1 unspecified atom stereocenters. The Morgan fingerprint density at radius 1 is 0.949 bits per heavy atom. The fourth-order valence-corrected chi connectivity index (χ4v) is 6.11. The van der Waals surface area contributed by atoms with Crippen LogP contribution in [0.4, 0.5) is 28.0 Å². The first kappa shape index (κ1) is 27.1. The molecule has 206 valence electrons. The number of piperazine rings is 1. The molecule has 0 bridgehead atoms. The molecular formula is C28H28F4N4O2S. The molecule has 0 radical (unpaired) electrons. The van der Waals surface area contributed by atoms with Crippen molar-refractivity contribution in [2.45, 2.75) is 25.1 Å². The van der Waals surface area contributed by atoms with E-state index >= 15 is 0 Å². The van der Waals surface area contributed by atoms with Gasteiger partial charge in [0.15, 0.2) is 0 Å². The average Bonchev–Trinajstić information content (AvgIpc) is 3.40. The van der Waals surface area contributed by atoms with Crippen molar-refractivity contribution >= 4 is 29.0 Å². The van der Waals surface area contributed by atoms with E-state index in [4.69, 9.17) is 0 Å². The number of alkyl halides is 3. The molecule has 3 amide bonds. The summed E-state index contributed by atoms with van der Waals surface area (Å²) in [5.74, 6) is -0.317. The highest BCUT2D eigenvalue weighted by molar-refractivity contribution is 7.10. The molecule has 2 aliphatic rings. The molecule has 6 nitrogen and oxygen atoms in total. The summed E-state index contributed by atoms with van der Waals surface area (Å²) in [4.78, 5) is 32.4. The molecule has 0 spiro atoms. The van der Waals surface area contributed by atoms with E-state index in [1.54, 1.807) is 28.4 Å². The van der Waals surface area contributed by atoms with Gasteiger partial charge in [-0.05, 0) is 59.3 Å². The monoisotopic (exact) mass is 560 g/mol. The number of hydrogen-bond donors (Lipinski definition) is 1. The third kappa shape index (κ3) is 6.25. The number of amides is 3. The molecule has 1 aromatic heterocycles. The highest BCUT2D eigenvalue weighted by atomic mass is 32.1. The number of rotatable bonds is 5. The fourth-order valence-electron chi connectivity index (χ4n) is 5.21. The average molecular weight is 561 g/mol. The van der Waals surface area contributed by atoms with Gasteiger partial charge < -0.3 is 15.1 Å². The Kier molecular flexibility index (Phi) is 7.90. The normalized spacial score (nSPS) is 18.1. The van der Waals surface area contributed by atoms with Gasteiger partial charge in [0.2, 0.25) is 5.91 Å². The van der Waals surface area contributed by atoms with E-state index < -0.39 is 17.8 Å². The van der Waals surface area contributed by atoms with Gasteiger partial charge in [-0.15, -0.1) is 11.3 Å². The van der Waals surface area contributed by atoms with Crippen LogP contribution in [0.5, 0.6) is 0 Å². The Hall–Kier alpha value is -3.44. The van der Waals surface area contributed by atoms with Gasteiger partial charge >= 0.3 is 12.2 Å². The topological polar surface area (TPSA) is 55.9 Å². The van der Waals surface area contributed by atoms with Crippen LogP contribution < -0.4 is 5.32 Å². The number of carbonyl (C=O) groups is 2. The van der Waals surface area contributed by atoms with Gasteiger partial charge in [0.1, 0.15) is 5.82 Å². The Bertz CT molecular complexity index is 1340. The van der Waals surface area contributed by atoms with E-state index in [1.807, 2.05) is 11.4 Å². The molecule has 39 heavy (non-hydrogen) atoms. The van der Waals surface area contributed by atoms with Gasteiger partial charge in [0.25, 0.3) is 0 Å². The fraction of sp³-hybridized carbons (Fsp3) is 0.357. The zero-order chi connectivity index (χ0) is 27.6. The summed E-state index contributed by atoms with van der Waals surface area (Å²) >= 11 is 1.70. The molecule has 11 heteroatoms. The van der Waals surface area contributed by atoms with Gasteiger partial charge in [0, 0.05) is 56.3 Å².